The second-order valence-corrected chi connectivity index (χ2v) is 4.92. The van der Waals surface area contributed by atoms with Crippen molar-refractivity contribution in [3.05, 3.63) is 52.8 Å². The lowest BCUT2D eigenvalue weighted by Crippen LogP contribution is -2.23. The fourth-order valence-corrected chi connectivity index (χ4v) is 2.64. The van der Waals surface area contributed by atoms with Gasteiger partial charge in [0.25, 0.3) is 0 Å². The molecule has 2 aromatic rings. The summed E-state index contributed by atoms with van der Waals surface area (Å²) >= 11 is 0. The number of nitrogens with one attached hydrogen (secondary N) is 1. The summed E-state index contributed by atoms with van der Waals surface area (Å²) in [7, 11) is 0. The molecular weight excluding hydrogens is 280 g/mol. The molecule has 3 rings (SSSR count). The molecule has 1 aliphatic heterocycles. The van der Waals surface area contributed by atoms with Crippen molar-refractivity contribution in [2.24, 2.45) is 5.73 Å². The molecule has 22 heavy (non-hydrogen) atoms. The van der Waals surface area contributed by atoms with E-state index < -0.39 is 5.92 Å². The number of allylic oxidation sites excluding steroid dienone is 1. The minimum absolute atomic E-state index is 0.280. The smallest absolute Gasteiger partial charge is 0.223 e. The molecule has 112 valence electrons. The third-order valence-electron chi connectivity index (χ3n) is 3.51. The fraction of sp³-hybridized carbons (Fsp3) is 0.250. The van der Waals surface area contributed by atoms with Crippen LogP contribution in [0.1, 0.15) is 30.0 Å². The first-order chi connectivity index (χ1) is 10.7. The number of hydrogen-bond acceptors (Lipinski definition) is 6. The van der Waals surface area contributed by atoms with Gasteiger partial charge in [0.05, 0.1) is 24.2 Å². The van der Waals surface area contributed by atoms with Crippen molar-refractivity contribution in [3.63, 3.8) is 0 Å². The van der Waals surface area contributed by atoms with Crippen LogP contribution in [0, 0.1) is 18.3 Å². The Morgan fingerprint density at radius 2 is 2.23 bits per heavy atom. The van der Waals surface area contributed by atoms with Crippen LogP contribution in [-0.4, -0.2) is 11.6 Å². The predicted molar refractivity (Wildman–Crippen MR) is 81.1 cm³/mol. The average molecular weight is 296 g/mol. The van der Waals surface area contributed by atoms with Crippen LogP contribution in [0.15, 0.2) is 40.1 Å². The zero-order valence-electron chi connectivity index (χ0n) is 12.4. The van der Waals surface area contributed by atoms with E-state index >= 15 is 0 Å². The molecule has 0 unspecified atom stereocenters. The topological polar surface area (TPSA) is 97.1 Å². The van der Waals surface area contributed by atoms with E-state index in [1.807, 2.05) is 31.2 Å². The predicted octanol–water partition coefficient (Wildman–Crippen LogP) is 2.63. The lowest BCUT2D eigenvalue weighted by atomic mass is 9.86. The highest BCUT2D eigenvalue weighted by molar-refractivity contribution is 5.62. The Morgan fingerprint density at radius 3 is 2.95 bits per heavy atom. The van der Waals surface area contributed by atoms with E-state index in [0.717, 1.165) is 5.56 Å². The quantitative estimate of drug-likeness (QED) is 0.903. The van der Waals surface area contributed by atoms with Crippen LogP contribution in [0.2, 0.25) is 0 Å². The Balaban J connectivity index is 2.21. The van der Waals surface area contributed by atoms with E-state index in [-0.39, 0.29) is 5.82 Å². The van der Waals surface area contributed by atoms with Crippen LogP contribution in [0.5, 0.6) is 5.75 Å². The van der Waals surface area contributed by atoms with Crippen LogP contribution in [0.4, 0.5) is 5.88 Å². The molecule has 0 aliphatic carbocycles. The van der Waals surface area contributed by atoms with Gasteiger partial charge in [-0.2, -0.15) is 5.26 Å². The standard InChI is InChI=1S/C16H16N4O2/c1-3-21-12-7-5-4-6-10(12)13-11(8-17)15(18)20-16-14(13)19-9(2)22-16/h4-7,13,20H,3,18H2,1-2H3/t13-/m0/s1. The molecular formula is C16H16N4O2. The molecule has 1 aromatic heterocycles. The third-order valence-corrected chi connectivity index (χ3v) is 3.51. The number of ether oxygens (including phenoxy) is 1. The molecule has 0 saturated carbocycles. The van der Waals surface area contributed by atoms with Gasteiger partial charge in [-0.15, -0.1) is 0 Å². The Morgan fingerprint density at radius 1 is 1.45 bits per heavy atom. The van der Waals surface area contributed by atoms with Crippen LogP contribution in [0.25, 0.3) is 0 Å². The van der Waals surface area contributed by atoms with E-state index in [1.165, 1.54) is 0 Å². The molecule has 0 radical (unpaired) electrons. The number of fused-ring (bicyclic) bond motifs is 1. The van der Waals surface area contributed by atoms with E-state index in [1.54, 1.807) is 6.92 Å². The Bertz CT molecular complexity index is 786. The monoisotopic (exact) mass is 296 g/mol. The second kappa shape index (κ2) is 5.45. The van der Waals surface area contributed by atoms with Gasteiger partial charge in [0.15, 0.2) is 5.89 Å². The number of anilines is 1. The summed E-state index contributed by atoms with van der Waals surface area (Å²) in [6.45, 7) is 4.21. The van der Waals surface area contributed by atoms with Gasteiger partial charge in [-0.3, -0.25) is 0 Å². The molecule has 1 aromatic carbocycles. The number of benzene rings is 1. The fourth-order valence-electron chi connectivity index (χ4n) is 2.64. The van der Waals surface area contributed by atoms with E-state index in [0.29, 0.717) is 35.4 Å². The minimum Gasteiger partial charge on any atom is -0.494 e. The number of rotatable bonds is 3. The molecule has 0 spiro atoms. The Labute approximate surface area is 128 Å². The van der Waals surface area contributed by atoms with E-state index in [2.05, 4.69) is 16.4 Å². The highest BCUT2D eigenvalue weighted by Crippen LogP contribution is 2.43. The average Bonchev–Trinajstić information content (AvgIpc) is 2.86. The molecule has 0 fully saturated rings. The number of nitrogens with two attached hydrogens (primary N) is 1. The highest BCUT2D eigenvalue weighted by Gasteiger charge is 2.34. The molecule has 1 atom stereocenters. The number of oxazole rings is 1. The highest BCUT2D eigenvalue weighted by atomic mass is 16.5. The van der Waals surface area contributed by atoms with Crippen LogP contribution in [-0.2, 0) is 0 Å². The second-order valence-electron chi connectivity index (χ2n) is 4.92. The summed E-state index contributed by atoms with van der Waals surface area (Å²) in [4.78, 5) is 4.42. The molecule has 6 heteroatoms. The maximum Gasteiger partial charge on any atom is 0.223 e. The number of aryl methyl sites for hydroxylation is 1. The van der Waals surface area contributed by atoms with Gasteiger partial charge >= 0.3 is 0 Å². The molecule has 0 amide bonds. The van der Waals surface area contributed by atoms with Gasteiger partial charge < -0.3 is 20.2 Å². The van der Waals surface area contributed by atoms with Gasteiger partial charge in [-0.05, 0) is 13.0 Å². The molecule has 2 heterocycles. The van der Waals surface area contributed by atoms with Crippen molar-refractivity contribution in [1.29, 1.82) is 5.26 Å². The van der Waals surface area contributed by atoms with Crippen LogP contribution >= 0.6 is 0 Å². The Kier molecular flexibility index (Phi) is 3.47. The first kappa shape index (κ1) is 14.0. The normalized spacial score (nSPS) is 16.7. The lowest BCUT2D eigenvalue weighted by Gasteiger charge is -2.24. The maximum absolute atomic E-state index is 9.52. The summed E-state index contributed by atoms with van der Waals surface area (Å²) in [5, 5.41) is 12.4. The molecule has 1 aliphatic rings. The summed E-state index contributed by atoms with van der Waals surface area (Å²) in [5.74, 6) is 1.58. The van der Waals surface area contributed by atoms with Crippen molar-refractivity contribution < 1.29 is 9.15 Å². The van der Waals surface area contributed by atoms with E-state index in [9.17, 15) is 5.26 Å². The van der Waals surface area contributed by atoms with E-state index in [4.69, 9.17) is 14.9 Å². The van der Waals surface area contributed by atoms with Crippen molar-refractivity contribution in [2.75, 3.05) is 11.9 Å². The number of nitriles is 1. The summed E-state index contributed by atoms with van der Waals surface area (Å²) in [6, 6.07) is 9.76. The van der Waals surface area contributed by atoms with Crippen molar-refractivity contribution in [1.82, 2.24) is 4.98 Å². The molecule has 3 N–H and O–H groups in total. The number of para-hydroxylation sites is 1. The first-order valence-corrected chi connectivity index (χ1v) is 7.01. The van der Waals surface area contributed by atoms with Gasteiger partial charge in [0.2, 0.25) is 5.88 Å². The van der Waals surface area contributed by atoms with Crippen molar-refractivity contribution >= 4 is 5.88 Å². The number of aromatic nitrogens is 1. The number of hydrogen-bond donors (Lipinski definition) is 2. The largest absolute Gasteiger partial charge is 0.494 e. The number of nitrogens with zero attached hydrogens (tertiary/aromatic N) is 2. The van der Waals surface area contributed by atoms with Gasteiger partial charge in [-0.25, -0.2) is 4.98 Å². The molecule has 0 bridgehead atoms. The summed E-state index contributed by atoms with van der Waals surface area (Å²) in [5.41, 5.74) is 7.89. The minimum atomic E-state index is -0.401. The van der Waals surface area contributed by atoms with Gasteiger partial charge in [0, 0.05) is 12.5 Å². The first-order valence-electron chi connectivity index (χ1n) is 7.01. The van der Waals surface area contributed by atoms with Crippen molar-refractivity contribution in [2.45, 2.75) is 19.8 Å². The summed E-state index contributed by atoms with van der Waals surface area (Å²) in [6.07, 6.45) is 0. The zero-order chi connectivity index (χ0) is 15.7. The summed E-state index contributed by atoms with van der Waals surface area (Å²) < 4.78 is 11.2. The SMILES string of the molecule is CCOc1ccccc1[C@H]1C(C#N)=C(N)Nc2oc(C)nc21. The lowest BCUT2D eigenvalue weighted by molar-refractivity contribution is 0.336. The van der Waals surface area contributed by atoms with Gasteiger partial charge in [0.1, 0.15) is 17.3 Å². The van der Waals surface area contributed by atoms with Crippen molar-refractivity contribution in [3.8, 4) is 11.8 Å². The van der Waals surface area contributed by atoms with Crippen LogP contribution < -0.4 is 15.8 Å². The van der Waals surface area contributed by atoms with Crippen LogP contribution in [0.3, 0.4) is 0 Å². The molecule has 0 saturated heterocycles. The Hall–Kier alpha value is -2.94. The molecule has 6 nitrogen and oxygen atoms in total. The zero-order valence-corrected chi connectivity index (χ0v) is 12.4. The van der Waals surface area contributed by atoms with Gasteiger partial charge in [-0.1, -0.05) is 18.2 Å². The third kappa shape index (κ3) is 2.17. The maximum atomic E-state index is 9.52.